The summed E-state index contributed by atoms with van der Waals surface area (Å²) in [5.41, 5.74) is 0. The summed E-state index contributed by atoms with van der Waals surface area (Å²) < 4.78 is 0.723. The molecule has 86 valence electrons. The Kier molecular flexibility index (Phi) is 3.98. The van der Waals surface area contributed by atoms with Gasteiger partial charge in [0.05, 0.1) is 10.9 Å². The molecule has 16 heavy (non-hydrogen) atoms. The molecule has 0 N–H and O–H groups in total. The van der Waals surface area contributed by atoms with E-state index < -0.39 is 0 Å². The van der Waals surface area contributed by atoms with Crippen LogP contribution in [0.15, 0.2) is 18.2 Å². The van der Waals surface area contributed by atoms with Crippen molar-refractivity contribution in [1.82, 2.24) is 5.06 Å². The number of rotatable bonds is 2. The van der Waals surface area contributed by atoms with Crippen LogP contribution in [0.4, 0.5) is 0 Å². The van der Waals surface area contributed by atoms with Crippen LogP contribution in [0.2, 0.25) is 4.34 Å². The lowest BCUT2D eigenvalue weighted by Gasteiger charge is -2.24. The van der Waals surface area contributed by atoms with Crippen LogP contribution < -0.4 is 0 Å². The second-order valence-electron chi connectivity index (χ2n) is 3.46. The highest BCUT2D eigenvalue weighted by atomic mass is 35.5. The van der Waals surface area contributed by atoms with Crippen LogP contribution in [-0.4, -0.2) is 24.1 Å². The van der Waals surface area contributed by atoms with Gasteiger partial charge in [-0.1, -0.05) is 11.6 Å². The maximum absolute atomic E-state index is 11.7. The van der Waals surface area contributed by atoms with Gasteiger partial charge in [-0.2, -0.15) is 0 Å². The van der Waals surface area contributed by atoms with Crippen molar-refractivity contribution in [2.45, 2.75) is 12.8 Å². The molecule has 0 bridgehead atoms. The van der Waals surface area contributed by atoms with Crippen molar-refractivity contribution in [2.75, 3.05) is 13.2 Å². The number of nitrogens with zero attached hydrogens (tertiary/aromatic N) is 1. The second kappa shape index (κ2) is 5.48. The van der Waals surface area contributed by atoms with Crippen LogP contribution in [0, 0.1) is 0 Å². The monoisotopic (exact) mass is 257 g/mol. The summed E-state index contributed by atoms with van der Waals surface area (Å²) in [6.07, 6.45) is 5.31. The Morgan fingerprint density at radius 1 is 1.50 bits per heavy atom. The molecule has 0 atom stereocenters. The molecule has 0 unspecified atom stereocenters. The van der Waals surface area contributed by atoms with E-state index in [2.05, 4.69) is 0 Å². The summed E-state index contributed by atoms with van der Waals surface area (Å²) in [6, 6.07) is 3.70. The molecule has 0 radical (unpaired) electrons. The lowest BCUT2D eigenvalue weighted by Crippen LogP contribution is -2.34. The molecule has 1 amide bonds. The SMILES string of the molecule is O=C(/C=C/c1ccc(Cl)s1)N1CCCCO1. The number of hydrogen-bond donors (Lipinski definition) is 0. The summed E-state index contributed by atoms with van der Waals surface area (Å²) in [7, 11) is 0. The quantitative estimate of drug-likeness (QED) is 0.763. The molecule has 1 aliphatic heterocycles. The Morgan fingerprint density at radius 3 is 3.00 bits per heavy atom. The van der Waals surface area contributed by atoms with Gasteiger partial charge in [0.1, 0.15) is 0 Å². The molecule has 3 nitrogen and oxygen atoms in total. The summed E-state index contributed by atoms with van der Waals surface area (Å²) in [4.78, 5) is 17.9. The molecule has 2 heterocycles. The molecule has 1 fully saturated rings. The first-order chi connectivity index (χ1) is 7.75. The van der Waals surface area contributed by atoms with Gasteiger partial charge in [0.25, 0.3) is 5.91 Å². The smallest absolute Gasteiger partial charge is 0.270 e. The number of halogens is 1. The van der Waals surface area contributed by atoms with E-state index in [-0.39, 0.29) is 5.91 Å². The van der Waals surface area contributed by atoms with Crippen LogP contribution in [0.5, 0.6) is 0 Å². The van der Waals surface area contributed by atoms with Crippen LogP contribution in [0.1, 0.15) is 17.7 Å². The van der Waals surface area contributed by atoms with Crippen molar-refractivity contribution in [3.8, 4) is 0 Å². The predicted octanol–water partition coefficient (Wildman–Crippen LogP) is 2.97. The minimum atomic E-state index is -0.107. The van der Waals surface area contributed by atoms with Crippen LogP contribution in [0.25, 0.3) is 6.08 Å². The summed E-state index contributed by atoms with van der Waals surface area (Å²) >= 11 is 7.23. The minimum absolute atomic E-state index is 0.107. The zero-order valence-electron chi connectivity index (χ0n) is 8.69. The molecular weight excluding hydrogens is 246 g/mol. The van der Waals surface area contributed by atoms with Crippen molar-refractivity contribution in [3.63, 3.8) is 0 Å². The molecule has 1 aromatic heterocycles. The number of amides is 1. The third kappa shape index (κ3) is 3.07. The molecule has 0 saturated carbocycles. The lowest BCUT2D eigenvalue weighted by molar-refractivity contribution is -0.191. The fourth-order valence-electron chi connectivity index (χ4n) is 1.42. The molecule has 0 aromatic carbocycles. The maximum Gasteiger partial charge on any atom is 0.270 e. The molecule has 1 saturated heterocycles. The third-order valence-corrected chi connectivity index (χ3v) is 3.43. The topological polar surface area (TPSA) is 29.5 Å². The Morgan fingerprint density at radius 2 is 2.38 bits per heavy atom. The van der Waals surface area contributed by atoms with Gasteiger partial charge in [-0.05, 0) is 31.1 Å². The molecule has 1 aliphatic rings. The van der Waals surface area contributed by atoms with Gasteiger partial charge >= 0.3 is 0 Å². The number of carbonyl (C=O) groups excluding carboxylic acids is 1. The third-order valence-electron chi connectivity index (χ3n) is 2.23. The van der Waals surface area contributed by atoms with E-state index >= 15 is 0 Å². The summed E-state index contributed by atoms with van der Waals surface area (Å²) in [5.74, 6) is -0.107. The van der Waals surface area contributed by atoms with Gasteiger partial charge in [-0.25, -0.2) is 5.06 Å². The van der Waals surface area contributed by atoms with Crippen LogP contribution >= 0.6 is 22.9 Å². The Labute approximate surface area is 103 Å². The van der Waals surface area contributed by atoms with E-state index in [1.807, 2.05) is 12.1 Å². The lowest BCUT2D eigenvalue weighted by atomic mass is 10.3. The Balaban J connectivity index is 1.93. The van der Waals surface area contributed by atoms with Crippen LogP contribution in [-0.2, 0) is 9.63 Å². The number of thiophene rings is 1. The van der Waals surface area contributed by atoms with E-state index in [9.17, 15) is 4.79 Å². The minimum Gasteiger partial charge on any atom is -0.271 e. The zero-order chi connectivity index (χ0) is 11.4. The second-order valence-corrected chi connectivity index (χ2v) is 5.20. The molecular formula is C11H12ClNO2S. The molecule has 5 heteroatoms. The van der Waals surface area contributed by atoms with Crippen molar-refractivity contribution >= 4 is 34.9 Å². The van der Waals surface area contributed by atoms with Crippen LogP contribution in [0.3, 0.4) is 0 Å². The fraction of sp³-hybridized carbons (Fsp3) is 0.364. The highest BCUT2D eigenvalue weighted by Gasteiger charge is 2.14. The number of hydrogen-bond acceptors (Lipinski definition) is 3. The Bertz CT molecular complexity index is 396. The molecule has 0 aliphatic carbocycles. The van der Waals surface area contributed by atoms with E-state index in [4.69, 9.17) is 16.4 Å². The summed E-state index contributed by atoms with van der Waals surface area (Å²) in [5, 5.41) is 1.41. The van der Waals surface area contributed by atoms with Gasteiger partial charge in [0.2, 0.25) is 0 Å². The largest absolute Gasteiger partial charge is 0.271 e. The van der Waals surface area contributed by atoms with Crippen molar-refractivity contribution in [3.05, 3.63) is 27.4 Å². The van der Waals surface area contributed by atoms with Gasteiger partial charge in [-0.3, -0.25) is 9.63 Å². The zero-order valence-corrected chi connectivity index (χ0v) is 10.3. The van der Waals surface area contributed by atoms with E-state index in [0.717, 1.165) is 22.1 Å². The van der Waals surface area contributed by atoms with Gasteiger partial charge < -0.3 is 0 Å². The fourth-order valence-corrected chi connectivity index (χ4v) is 2.39. The van der Waals surface area contributed by atoms with Gasteiger partial charge in [0.15, 0.2) is 0 Å². The standard InChI is InChI=1S/C11H12ClNO2S/c12-10-5-3-9(16-10)4-6-11(14)13-7-1-2-8-15-13/h3-6H,1-2,7-8H2/b6-4+. The predicted molar refractivity (Wildman–Crippen MR) is 65.3 cm³/mol. The van der Waals surface area contributed by atoms with Crippen molar-refractivity contribution in [1.29, 1.82) is 0 Å². The number of hydroxylamine groups is 2. The molecule has 2 rings (SSSR count). The first-order valence-corrected chi connectivity index (χ1v) is 6.33. The average molecular weight is 258 g/mol. The number of carbonyl (C=O) groups is 1. The normalized spacial score (nSPS) is 16.9. The van der Waals surface area contributed by atoms with E-state index in [0.29, 0.717) is 13.2 Å². The first kappa shape index (κ1) is 11.6. The van der Waals surface area contributed by atoms with E-state index in [1.54, 1.807) is 6.08 Å². The first-order valence-electron chi connectivity index (χ1n) is 5.13. The van der Waals surface area contributed by atoms with Crippen molar-refractivity contribution < 1.29 is 9.63 Å². The van der Waals surface area contributed by atoms with Gasteiger partial charge in [0, 0.05) is 17.5 Å². The Hall–Kier alpha value is -0.840. The molecule has 1 aromatic rings. The average Bonchev–Trinajstić information content (AvgIpc) is 2.73. The van der Waals surface area contributed by atoms with E-state index in [1.165, 1.54) is 22.5 Å². The highest BCUT2D eigenvalue weighted by Crippen LogP contribution is 2.22. The molecule has 0 spiro atoms. The maximum atomic E-state index is 11.7. The summed E-state index contributed by atoms with van der Waals surface area (Å²) in [6.45, 7) is 1.30. The highest BCUT2D eigenvalue weighted by molar-refractivity contribution is 7.17. The van der Waals surface area contributed by atoms with Gasteiger partial charge in [-0.15, -0.1) is 11.3 Å². The van der Waals surface area contributed by atoms with Crippen molar-refractivity contribution in [2.24, 2.45) is 0 Å².